The Kier molecular flexibility index (Phi) is 4.36. The molecule has 19 heavy (non-hydrogen) atoms. The average molecular weight is 298 g/mol. The van der Waals surface area contributed by atoms with Crippen LogP contribution in [0.15, 0.2) is 24.3 Å². The first kappa shape index (κ1) is 13.8. The third-order valence-electron chi connectivity index (χ3n) is 2.45. The highest BCUT2D eigenvalue weighted by Crippen LogP contribution is 2.31. The normalized spacial score (nSPS) is 10.4. The summed E-state index contributed by atoms with van der Waals surface area (Å²) in [6.45, 7) is 0.0704. The molecule has 2 aromatic rings. The molecule has 0 fully saturated rings. The van der Waals surface area contributed by atoms with Gasteiger partial charge in [0.25, 0.3) is 5.91 Å². The van der Waals surface area contributed by atoms with Crippen molar-refractivity contribution in [3.05, 3.63) is 34.2 Å². The monoisotopic (exact) mass is 297 g/mol. The number of rotatable bonds is 4. The number of aliphatic hydroxyl groups is 1. The smallest absolute Gasteiger partial charge is 0.265 e. The Bertz CT molecular complexity index is 583. The largest absolute Gasteiger partial charge is 0.396 e. The second-order valence-corrected chi connectivity index (χ2v) is 4.97. The molecule has 0 atom stereocenters. The molecule has 5 nitrogen and oxygen atoms in total. The van der Waals surface area contributed by atoms with Gasteiger partial charge in [-0.3, -0.25) is 4.79 Å². The number of halogens is 1. The number of hydrogen-bond acceptors (Lipinski definition) is 5. The van der Waals surface area contributed by atoms with E-state index in [-0.39, 0.29) is 19.1 Å². The molecule has 0 saturated carbocycles. The minimum absolute atomic E-state index is 0.117. The van der Waals surface area contributed by atoms with E-state index < -0.39 is 0 Å². The first-order valence-electron chi connectivity index (χ1n) is 5.53. The van der Waals surface area contributed by atoms with E-state index in [1.54, 1.807) is 24.3 Å². The Morgan fingerprint density at radius 1 is 1.42 bits per heavy atom. The summed E-state index contributed by atoms with van der Waals surface area (Å²) < 4.78 is 4.20. The molecule has 2 rings (SSSR count). The van der Waals surface area contributed by atoms with Crippen molar-refractivity contribution in [3.63, 3.8) is 0 Å². The molecule has 0 aliphatic rings. The van der Waals surface area contributed by atoms with E-state index in [4.69, 9.17) is 22.4 Å². The predicted octanol–water partition coefficient (Wildman–Crippen LogP) is 1.77. The molecule has 0 bridgehead atoms. The predicted molar refractivity (Wildman–Crippen MR) is 76.4 cm³/mol. The quantitative estimate of drug-likeness (QED) is 0.802. The number of benzene rings is 1. The Morgan fingerprint density at radius 3 is 2.74 bits per heavy atom. The van der Waals surface area contributed by atoms with E-state index in [1.165, 1.54) is 0 Å². The Balaban J connectivity index is 2.27. The first-order valence-corrected chi connectivity index (χ1v) is 6.68. The van der Waals surface area contributed by atoms with Crippen LogP contribution in [0.5, 0.6) is 0 Å². The number of amides is 1. The number of aliphatic hydroxyl groups excluding tert-OH is 1. The van der Waals surface area contributed by atoms with Crippen molar-refractivity contribution in [2.75, 3.05) is 18.9 Å². The number of carbonyl (C=O) groups is 1. The molecule has 1 aromatic carbocycles. The van der Waals surface area contributed by atoms with Gasteiger partial charge in [-0.2, -0.15) is 4.37 Å². The van der Waals surface area contributed by atoms with Gasteiger partial charge in [0, 0.05) is 17.1 Å². The lowest BCUT2D eigenvalue weighted by atomic mass is 10.1. The lowest BCUT2D eigenvalue weighted by Gasteiger charge is -2.02. The number of anilines is 1. The highest BCUT2D eigenvalue weighted by Gasteiger charge is 2.18. The third-order valence-corrected chi connectivity index (χ3v) is 3.56. The number of aromatic nitrogens is 1. The van der Waals surface area contributed by atoms with E-state index >= 15 is 0 Å². The fourth-order valence-electron chi connectivity index (χ4n) is 1.53. The molecule has 0 radical (unpaired) electrons. The summed E-state index contributed by atoms with van der Waals surface area (Å²) in [6.07, 6.45) is 0. The number of nitrogens with one attached hydrogen (secondary N) is 1. The zero-order valence-electron chi connectivity index (χ0n) is 9.89. The minimum atomic E-state index is -0.329. The maximum Gasteiger partial charge on any atom is 0.265 e. The van der Waals surface area contributed by atoms with Crippen LogP contribution in [-0.4, -0.2) is 28.5 Å². The van der Waals surface area contributed by atoms with Crippen LogP contribution in [0, 0.1) is 0 Å². The van der Waals surface area contributed by atoms with E-state index in [9.17, 15) is 4.79 Å². The highest BCUT2D eigenvalue weighted by atomic mass is 35.5. The summed E-state index contributed by atoms with van der Waals surface area (Å²) in [7, 11) is 0. The molecular weight excluding hydrogens is 286 g/mol. The van der Waals surface area contributed by atoms with Crippen LogP contribution < -0.4 is 11.1 Å². The first-order chi connectivity index (χ1) is 9.13. The molecule has 0 saturated heterocycles. The van der Waals surface area contributed by atoms with Crippen LogP contribution >= 0.6 is 23.1 Å². The van der Waals surface area contributed by atoms with Crippen LogP contribution in [0.4, 0.5) is 5.69 Å². The molecule has 1 heterocycles. The van der Waals surface area contributed by atoms with Crippen molar-refractivity contribution in [1.29, 1.82) is 0 Å². The molecule has 0 aliphatic carbocycles. The van der Waals surface area contributed by atoms with Crippen molar-refractivity contribution in [2.45, 2.75) is 0 Å². The van der Waals surface area contributed by atoms with Crippen molar-refractivity contribution < 1.29 is 9.90 Å². The molecule has 1 aromatic heterocycles. The Labute approximate surface area is 119 Å². The van der Waals surface area contributed by atoms with Gasteiger partial charge in [-0.15, -0.1) is 0 Å². The number of carbonyl (C=O) groups excluding carboxylic acids is 1. The highest BCUT2D eigenvalue weighted by molar-refractivity contribution is 7.09. The molecular formula is C12H12ClN3O2S. The van der Waals surface area contributed by atoms with E-state index in [2.05, 4.69) is 9.69 Å². The van der Waals surface area contributed by atoms with E-state index in [1.807, 2.05) is 0 Å². The Hall–Kier alpha value is -1.63. The minimum Gasteiger partial charge on any atom is -0.396 e. The summed E-state index contributed by atoms with van der Waals surface area (Å²) in [5.41, 5.74) is 7.64. The lowest BCUT2D eigenvalue weighted by Crippen LogP contribution is -2.26. The molecule has 0 aliphatic heterocycles. The van der Waals surface area contributed by atoms with Gasteiger partial charge in [-0.1, -0.05) is 23.7 Å². The van der Waals surface area contributed by atoms with Gasteiger partial charge in [0.2, 0.25) is 0 Å². The van der Waals surface area contributed by atoms with Crippen LogP contribution in [-0.2, 0) is 0 Å². The van der Waals surface area contributed by atoms with Gasteiger partial charge in [0.05, 0.1) is 12.3 Å². The average Bonchev–Trinajstić information content (AvgIpc) is 2.79. The summed E-state index contributed by atoms with van der Waals surface area (Å²) in [5.74, 6) is -0.329. The van der Waals surface area contributed by atoms with Crippen LogP contribution in [0.1, 0.15) is 9.67 Å². The fraction of sp³-hybridized carbons (Fsp3) is 0.167. The van der Waals surface area contributed by atoms with Crippen LogP contribution in [0.25, 0.3) is 11.3 Å². The molecule has 0 unspecified atom stereocenters. The zero-order valence-corrected chi connectivity index (χ0v) is 11.5. The molecule has 4 N–H and O–H groups in total. The van der Waals surface area contributed by atoms with Crippen molar-refractivity contribution in [1.82, 2.24) is 9.69 Å². The maximum absolute atomic E-state index is 11.8. The summed E-state index contributed by atoms with van der Waals surface area (Å²) in [4.78, 5) is 12.1. The van der Waals surface area contributed by atoms with Gasteiger partial charge in [0.1, 0.15) is 10.6 Å². The molecule has 0 spiro atoms. The van der Waals surface area contributed by atoms with Crippen molar-refractivity contribution >= 4 is 34.7 Å². The SMILES string of the molecule is Nc1c(-c2ccc(Cl)cc2)nsc1C(=O)NCCO. The van der Waals surface area contributed by atoms with Gasteiger partial charge in [-0.25, -0.2) is 0 Å². The summed E-state index contributed by atoms with van der Waals surface area (Å²) >= 11 is 6.85. The van der Waals surface area contributed by atoms with Gasteiger partial charge >= 0.3 is 0 Å². The number of nitrogens with two attached hydrogens (primary N) is 1. The Morgan fingerprint density at radius 2 is 2.11 bits per heavy atom. The van der Waals surface area contributed by atoms with Crippen LogP contribution in [0.2, 0.25) is 5.02 Å². The molecule has 7 heteroatoms. The molecule has 100 valence electrons. The van der Waals surface area contributed by atoms with Crippen molar-refractivity contribution in [3.8, 4) is 11.3 Å². The van der Waals surface area contributed by atoms with Gasteiger partial charge in [-0.05, 0) is 23.7 Å². The maximum atomic E-state index is 11.8. The second kappa shape index (κ2) is 6.01. The summed E-state index contributed by atoms with van der Waals surface area (Å²) in [6, 6.07) is 7.06. The third kappa shape index (κ3) is 3.04. The fourth-order valence-corrected chi connectivity index (χ4v) is 2.39. The van der Waals surface area contributed by atoms with Crippen molar-refractivity contribution in [2.24, 2.45) is 0 Å². The summed E-state index contributed by atoms with van der Waals surface area (Å²) in [5, 5.41) is 11.8. The van der Waals surface area contributed by atoms with E-state index in [0.29, 0.717) is 21.3 Å². The molecule has 1 amide bonds. The standard InChI is InChI=1S/C12H12ClN3O2S/c13-8-3-1-7(2-4-8)10-9(14)11(19-16-10)12(18)15-5-6-17/h1-4,17H,5-6,14H2,(H,15,18). The topological polar surface area (TPSA) is 88.2 Å². The number of nitrogen functional groups attached to an aromatic ring is 1. The number of hydrogen-bond donors (Lipinski definition) is 3. The van der Waals surface area contributed by atoms with Crippen LogP contribution in [0.3, 0.4) is 0 Å². The zero-order chi connectivity index (χ0) is 13.8. The van der Waals surface area contributed by atoms with Gasteiger partial charge < -0.3 is 16.2 Å². The number of nitrogens with zero attached hydrogens (tertiary/aromatic N) is 1. The lowest BCUT2D eigenvalue weighted by molar-refractivity contribution is 0.0949. The van der Waals surface area contributed by atoms with E-state index in [0.717, 1.165) is 17.1 Å². The van der Waals surface area contributed by atoms with Gasteiger partial charge in [0.15, 0.2) is 0 Å². The second-order valence-electron chi connectivity index (χ2n) is 3.76.